The molecule has 0 spiro atoms. The maximum absolute atomic E-state index is 12.7. The Bertz CT molecular complexity index is 1130. The summed E-state index contributed by atoms with van der Waals surface area (Å²) in [6, 6.07) is 6.74. The van der Waals surface area contributed by atoms with Crippen LogP contribution in [0.2, 0.25) is 0 Å². The van der Waals surface area contributed by atoms with Crippen LogP contribution in [0, 0.1) is 0 Å². The molecule has 13 heteroatoms. The van der Waals surface area contributed by atoms with Gasteiger partial charge in [0.25, 0.3) is 11.8 Å². The average molecular weight is 526 g/mol. The minimum Gasteiger partial charge on any atom is -0.378 e. The summed E-state index contributed by atoms with van der Waals surface area (Å²) in [5.74, 6) is -0.319. The molecule has 204 valence electrons. The molecule has 2 saturated heterocycles. The quantitative estimate of drug-likeness (QED) is 0.460. The van der Waals surface area contributed by atoms with Crippen LogP contribution in [0.3, 0.4) is 0 Å². The zero-order valence-corrected chi connectivity index (χ0v) is 21.9. The monoisotopic (exact) mass is 525 g/mol. The third-order valence-corrected chi connectivity index (χ3v) is 6.68. The Hall–Kier alpha value is -4.00. The average Bonchev–Trinajstić information content (AvgIpc) is 2.94. The number of nitrogens with one attached hydrogen (secondary N) is 2. The van der Waals surface area contributed by atoms with E-state index in [1.807, 2.05) is 18.7 Å². The number of urea groups is 1. The van der Waals surface area contributed by atoms with Crippen molar-refractivity contribution in [1.82, 2.24) is 30.3 Å². The van der Waals surface area contributed by atoms with Crippen molar-refractivity contribution < 1.29 is 19.1 Å². The van der Waals surface area contributed by atoms with Gasteiger partial charge < -0.3 is 35.8 Å². The van der Waals surface area contributed by atoms with Gasteiger partial charge in [0.1, 0.15) is 0 Å². The summed E-state index contributed by atoms with van der Waals surface area (Å²) in [5, 5.41) is 14.3. The van der Waals surface area contributed by atoms with Crippen LogP contribution in [0.1, 0.15) is 47.5 Å². The molecule has 0 bridgehead atoms. The fourth-order valence-electron chi connectivity index (χ4n) is 4.54. The van der Waals surface area contributed by atoms with Crippen LogP contribution in [0.5, 0.6) is 0 Å². The van der Waals surface area contributed by atoms with E-state index in [2.05, 4.69) is 25.8 Å². The van der Waals surface area contributed by atoms with E-state index in [9.17, 15) is 14.4 Å². The Kier molecular flexibility index (Phi) is 8.89. The number of nitrogens with zero attached hydrogens (tertiary/aromatic N) is 6. The summed E-state index contributed by atoms with van der Waals surface area (Å²) in [6.45, 7) is 8.55. The highest BCUT2D eigenvalue weighted by Crippen LogP contribution is 2.22. The minimum atomic E-state index is -0.763. The molecule has 1 atom stereocenters. The number of carbonyl (C=O) groups excluding carboxylic acids is 3. The Labute approximate surface area is 221 Å². The molecular weight excluding hydrogens is 490 g/mol. The van der Waals surface area contributed by atoms with Crippen molar-refractivity contribution in [2.45, 2.75) is 32.7 Å². The van der Waals surface area contributed by atoms with Crippen molar-refractivity contribution in [2.24, 2.45) is 5.73 Å². The molecule has 4 N–H and O–H groups in total. The van der Waals surface area contributed by atoms with Gasteiger partial charge in [-0.2, -0.15) is 4.98 Å². The molecule has 13 nitrogen and oxygen atoms in total. The lowest BCUT2D eigenvalue weighted by Gasteiger charge is -2.34. The van der Waals surface area contributed by atoms with Crippen LogP contribution >= 0.6 is 0 Å². The maximum atomic E-state index is 12.7. The molecule has 1 aromatic heterocycles. The standard InChI is InChI=1S/C25H35N9O4/c1-3-32(4-2)25(37)28-19-6-5-11-34(16-19)24-29-22(20(21(26)35)30-31-24)27-18-9-7-17(8-10-18)23(36)33-12-14-38-15-13-33/h7-10,19H,3-6,11-16H2,1-2H3,(H2,26,35)(H,28,37)(H,27,29,31). The Morgan fingerprint density at radius 3 is 2.45 bits per heavy atom. The van der Waals surface area contributed by atoms with Crippen LogP contribution in [0.15, 0.2) is 24.3 Å². The van der Waals surface area contributed by atoms with Gasteiger partial charge in [-0.1, -0.05) is 0 Å². The zero-order valence-electron chi connectivity index (χ0n) is 21.9. The summed E-state index contributed by atoms with van der Waals surface area (Å²) in [6.07, 6.45) is 1.68. The van der Waals surface area contributed by atoms with Gasteiger partial charge in [0.05, 0.1) is 13.2 Å². The van der Waals surface area contributed by atoms with Gasteiger partial charge in [0, 0.05) is 56.6 Å². The van der Waals surface area contributed by atoms with Gasteiger partial charge in [0.2, 0.25) is 5.95 Å². The van der Waals surface area contributed by atoms with Crippen molar-refractivity contribution in [2.75, 3.05) is 62.7 Å². The molecule has 2 aromatic rings. The van der Waals surface area contributed by atoms with Crippen LogP contribution in [-0.2, 0) is 4.74 Å². The second kappa shape index (κ2) is 12.5. The topological polar surface area (TPSA) is 159 Å². The lowest BCUT2D eigenvalue weighted by molar-refractivity contribution is 0.0303. The summed E-state index contributed by atoms with van der Waals surface area (Å²) < 4.78 is 5.31. The molecule has 2 fully saturated rings. The number of aromatic nitrogens is 3. The predicted molar refractivity (Wildman–Crippen MR) is 141 cm³/mol. The highest BCUT2D eigenvalue weighted by Gasteiger charge is 2.26. The number of morpholine rings is 1. The number of amides is 4. The molecule has 38 heavy (non-hydrogen) atoms. The van der Waals surface area contributed by atoms with E-state index in [-0.39, 0.29) is 29.5 Å². The Morgan fingerprint density at radius 2 is 1.79 bits per heavy atom. The predicted octanol–water partition coefficient (Wildman–Crippen LogP) is 1.21. The smallest absolute Gasteiger partial charge is 0.317 e. The van der Waals surface area contributed by atoms with E-state index in [0.29, 0.717) is 69.7 Å². The van der Waals surface area contributed by atoms with Crippen molar-refractivity contribution >= 4 is 35.3 Å². The van der Waals surface area contributed by atoms with E-state index in [4.69, 9.17) is 10.5 Å². The number of rotatable bonds is 8. The second-order valence-electron chi connectivity index (χ2n) is 9.19. The second-order valence-corrected chi connectivity index (χ2v) is 9.19. The number of piperidine rings is 1. The highest BCUT2D eigenvalue weighted by molar-refractivity contribution is 5.97. The number of nitrogens with two attached hydrogens (primary N) is 1. The molecule has 1 aromatic carbocycles. The number of carbonyl (C=O) groups is 3. The summed E-state index contributed by atoms with van der Waals surface area (Å²) in [7, 11) is 0. The number of anilines is 3. The lowest BCUT2D eigenvalue weighted by Crippen LogP contribution is -2.52. The van der Waals surface area contributed by atoms with E-state index in [0.717, 1.165) is 12.8 Å². The van der Waals surface area contributed by atoms with Gasteiger partial charge in [-0.3, -0.25) is 9.59 Å². The lowest BCUT2D eigenvalue weighted by atomic mass is 10.1. The number of hydrogen-bond acceptors (Lipinski definition) is 9. The first kappa shape index (κ1) is 27.0. The summed E-state index contributed by atoms with van der Waals surface area (Å²) >= 11 is 0. The van der Waals surface area contributed by atoms with Gasteiger partial charge in [0.15, 0.2) is 11.5 Å². The molecule has 2 aliphatic rings. The van der Waals surface area contributed by atoms with E-state index in [1.54, 1.807) is 34.1 Å². The van der Waals surface area contributed by atoms with Crippen molar-refractivity contribution in [3.8, 4) is 0 Å². The van der Waals surface area contributed by atoms with Crippen molar-refractivity contribution in [3.05, 3.63) is 35.5 Å². The molecule has 4 amide bonds. The molecule has 3 heterocycles. The number of ether oxygens (including phenoxy) is 1. The number of benzene rings is 1. The van der Waals surface area contributed by atoms with Crippen molar-refractivity contribution in [1.29, 1.82) is 0 Å². The molecule has 0 saturated carbocycles. The van der Waals surface area contributed by atoms with Gasteiger partial charge >= 0.3 is 6.03 Å². The van der Waals surface area contributed by atoms with Crippen molar-refractivity contribution in [3.63, 3.8) is 0 Å². The first-order valence-electron chi connectivity index (χ1n) is 13.0. The van der Waals surface area contributed by atoms with Crippen LogP contribution < -0.4 is 21.3 Å². The van der Waals surface area contributed by atoms with E-state index < -0.39 is 5.91 Å². The van der Waals surface area contributed by atoms with Gasteiger partial charge in [-0.25, -0.2) is 4.79 Å². The van der Waals surface area contributed by atoms with Gasteiger partial charge in [-0.15, -0.1) is 10.2 Å². The normalized spacial score (nSPS) is 17.6. The molecule has 2 aliphatic heterocycles. The fourth-order valence-corrected chi connectivity index (χ4v) is 4.54. The van der Waals surface area contributed by atoms with Crippen LogP contribution in [-0.4, -0.2) is 101 Å². The molecule has 4 rings (SSSR count). The molecule has 0 radical (unpaired) electrons. The zero-order chi connectivity index (χ0) is 27.1. The molecule has 1 unspecified atom stereocenters. The maximum Gasteiger partial charge on any atom is 0.317 e. The highest BCUT2D eigenvalue weighted by atomic mass is 16.5. The fraction of sp³-hybridized carbons (Fsp3) is 0.520. The number of primary amides is 1. The minimum absolute atomic E-state index is 0.0589. The molecule has 0 aliphatic carbocycles. The largest absolute Gasteiger partial charge is 0.378 e. The SMILES string of the molecule is CCN(CC)C(=O)NC1CCCN(c2nnc(C(N)=O)c(Nc3ccc(C(=O)N4CCOCC4)cc3)n2)C1. The first-order valence-corrected chi connectivity index (χ1v) is 13.0. The molecular formula is C25H35N9O4. The van der Waals surface area contributed by atoms with Gasteiger partial charge in [-0.05, 0) is 51.0 Å². The summed E-state index contributed by atoms with van der Waals surface area (Å²) in [5.41, 5.74) is 6.60. The Balaban J connectivity index is 1.47. The third-order valence-electron chi connectivity index (χ3n) is 6.68. The third kappa shape index (κ3) is 6.46. The number of hydrogen-bond donors (Lipinski definition) is 3. The van der Waals surface area contributed by atoms with Crippen LogP contribution in [0.4, 0.5) is 22.2 Å². The summed E-state index contributed by atoms with van der Waals surface area (Å²) in [4.78, 5) is 47.2. The van der Waals surface area contributed by atoms with E-state index >= 15 is 0 Å². The van der Waals surface area contributed by atoms with Crippen LogP contribution in [0.25, 0.3) is 0 Å². The first-order chi connectivity index (χ1) is 18.4. The van der Waals surface area contributed by atoms with E-state index in [1.165, 1.54) is 0 Å². The Morgan fingerprint density at radius 1 is 1.08 bits per heavy atom.